The van der Waals surface area contributed by atoms with Crippen LogP contribution in [0.4, 0.5) is 0 Å². The second kappa shape index (κ2) is 16.0. The SMILES string of the molecule is CC(C)O.[CH2-]C.[Zn]. The summed E-state index contributed by atoms with van der Waals surface area (Å²) in [5.41, 5.74) is 0. The van der Waals surface area contributed by atoms with Crippen LogP contribution in [0.2, 0.25) is 0 Å². The maximum Gasteiger partial charge on any atom is 0.0483 e. The first-order chi connectivity index (χ1) is 2.73. The van der Waals surface area contributed by atoms with Crippen LogP contribution in [0, 0.1) is 6.92 Å². The van der Waals surface area contributed by atoms with E-state index in [2.05, 4.69) is 6.92 Å². The quantitative estimate of drug-likeness (QED) is 0.411. The Labute approximate surface area is 58.9 Å². The summed E-state index contributed by atoms with van der Waals surface area (Å²) < 4.78 is 0. The molecule has 1 nitrogen and oxygen atoms in total. The summed E-state index contributed by atoms with van der Waals surface area (Å²) in [7, 11) is 0. The summed E-state index contributed by atoms with van der Waals surface area (Å²) in [5, 5.41) is 8.06. The van der Waals surface area contributed by atoms with E-state index in [9.17, 15) is 0 Å². The van der Waals surface area contributed by atoms with Crippen molar-refractivity contribution in [1.29, 1.82) is 0 Å². The van der Waals surface area contributed by atoms with E-state index in [1.165, 1.54) is 0 Å². The zero-order valence-corrected chi connectivity index (χ0v) is 8.41. The molecule has 0 aliphatic carbocycles. The molecule has 1 N–H and O–H groups in total. The first kappa shape index (κ1) is 15.6. The second-order valence-electron chi connectivity index (χ2n) is 1.09. The van der Waals surface area contributed by atoms with E-state index in [1.807, 2.05) is 0 Å². The minimum Gasteiger partial charge on any atom is -0.394 e. The number of aliphatic hydroxyl groups is 1. The van der Waals surface area contributed by atoms with E-state index in [4.69, 9.17) is 5.11 Å². The molecular formula is C5H13OZn-. The second-order valence-corrected chi connectivity index (χ2v) is 1.09. The Morgan fingerprint density at radius 3 is 1.29 bits per heavy atom. The van der Waals surface area contributed by atoms with Crippen LogP contribution in [-0.2, 0) is 19.5 Å². The van der Waals surface area contributed by atoms with E-state index in [-0.39, 0.29) is 25.6 Å². The Bertz CT molecular complexity index is 12.8. The largest absolute Gasteiger partial charge is 0.394 e. The maximum absolute atomic E-state index is 8.06. The van der Waals surface area contributed by atoms with Gasteiger partial charge in [-0.05, 0) is 13.8 Å². The van der Waals surface area contributed by atoms with Crippen LogP contribution in [0.3, 0.4) is 0 Å². The fourth-order valence-corrected chi connectivity index (χ4v) is 0. The molecule has 0 amide bonds. The van der Waals surface area contributed by atoms with E-state index >= 15 is 0 Å². The third kappa shape index (κ3) is 406. The molecule has 0 saturated heterocycles. The van der Waals surface area contributed by atoms with E-state index in [0.29, 0.717) is 0 Å². The van der Waals surface area contributed by atoms with Gasteiger partial charge >= 0.3 is 0 Å². The van der Waals surface area contributed by atoms with Crippen LogP contribution in [-0.4, -0.2) is 11.2 Å². The van der Waals surface area contributed by atoms with Crippen molar-refractivity contribution in [2.24, 2.45) is 0 Å². The number of rotatable bonds is 0. The van der Waals surface area contributed by atoms with Gasteiger partial charge in [-0.3, -0.25) is 0 Å². The molecule has 0 heterocycles. The minimum atomic E-state index is -0.167. The van der Waals surface area contributed by atoms with Crippen LogP contribution in [0.5, 0.6) is 0 Å². The number of hydrogen-bond acceptors (Lipinski definition) is 1. The summed E-state index contributed by atoms with van der Waals surface area (Å²) in [6.45, 7) is 8.44. The number of aliphatic hydroxyl groups excluding tert-OH is 1. The summed E-state index contributed by atoms with van der Waals surface area (Å²) in [6.07, 6.45) is -0.167. The van der Waals surface area contributed by atoms with Crippen molar-refractivity contribution in [3.63, 3.8) is 0 Å². The van der Waals surface area contributed by atoms with Crippen molar-refractivity contribution >= 4 is 0 Å². The van der Waals surface area contributed by atoms with E-state index < -0.39 is 0 Å². The first-order valence-corrected chi connectivity index (χ1v) is 2.12. The predicted molar refractivity (Wildman–Crippen MR) is 28.4 cm³/mol. The van der Waals surface area contributed by atoms with Gasteiger partial charge in [-0.25, -0.2) is 0 Å². The van der Waals surface area contributed by atoms with Crippen molar-refractivity contribution in [2.75, 3.05) is 0 Å². The molecule has 0 aromatic carbocycles. The molecule has 0 rings (SSSR count). The Kier molecular flexibility index (Phi) is 35.7. The van der Waals surface area contributed by atoms with Crippen molar-refractivity contribution < 1.29 is 24.6 Å². The van der Waals surface area contributed by atoms with Gasteiger partial charge in [-0.15, -0.1) is 0 Å². The van der Waals surface area contributed by atoms with Crippen LogP contribution in [0.15, 0.2) is 0 Å². The topological polar surface area (TPSA) is 20.2 Å². The Morgan fingerprint density at radius 2 is 1.29 bits per heavy atom. The number of hydrogen-bond donors (Lipinski definition) is 1. The van der Waals surface area contributed by atoms with E-state index in [0.717, 1.165) is 0 Å². The van der Waals surface area contributed by atoms with Gasteiger partial charge in [0.25, 0.3) is 0 Å². The van der Waals surface area contributed by atoms with Crippen LogP contribution >= 0.6 is 0 Å². The Hall–Kier alpha value is 0.583. The van der Waals surface area contributed by atoms with E-state index in [1.54, 1.807) is 20.8 Å². The molecule has 7 heavy (non-hydrogen) atoms. The first-order valence-electron chi connectivity index (χ1n) is 2.12. The molecule has 0 aliphatic heterocycles. The summed E-state index contributed by atoms with van der Waals surface area (Å²) in [6, 6.07) is 0. The third-order valence-electron chi connectivity index (χ3n) is 0. The van der Waals surface area contributed by atoms with Gasteiger partial charge in [0.1, 0.15) is 0 Å². The van der Waals surface area contributed by atoms with Gasteiger partial charge in [0.2, 0.25) is 0 Å². The van der Waals surface area contributed by atoms with Gasteiger partial charge in [-0.1, -0.05) is 0 Å². The molecular weight excluding hydrogens is 141 g/mol. The van der Waals surface area contributed by atoms with Crippen LogP contribution in [0.25, 0.3) is 0 Å². The van der Waals surface area contributed by atoms with Crippen LogP contribution < -0.4 is 0 Å². The fraction of sp³-hybridized carbons (Fsp3) is 0.800. The maximum atomic E-state index is 8.06. The zero-order valence-electron chi connectivity index (χ0n) is 5.44. The monoisotopic (exact) mass is 153 g/mol. The molecule has 0 atom stereocenters. The van der Waals surface area contributed by atoms with Gasteiger partial charge in [0.05, 0.1) is 0 Å². The molecule has 0 spiro atoms. The average molecular weight is 155 g/mol. The summed E-state index contributed by atoms with van der Waals surface area (Å²) in [5.74, 6) is 0. The molecule has 0 aromatic rings. The molecule has 0 bridgehead atoms. The van der Waals surface area contributed by atoms with Gasteiger partial charge in [-0.2, -0.15) is 6.92 Å². The fourth-order valence-electron chi connectivity index (χ4n) is 0. The molecule has 0 aromatic heterocycles. The zero-order chi connectivity index (χ0) is 5.58. The van der Waals surface area contributed by atoms with Gasteiger partial charge < -0.3 is 12.0 Å². The Balaban J connectivity index is -0.0000000480. The molecule has 2 heteroatoms. The van der Waals surface area contributed by atoms with Crippen LogP contribution in [0.1, 0.15) is 20.8 Å². The normalized spacial score (nSPS) is 6.00. The molecule has 0 radical (unpaired) electrons. The molecule has 0 saturated carbocycles. The molecule has 0 aliphatic rings. The van der Waals surface area contributed by atoms with Crippen molar-refractivity contribution in [3.05, 3.63) is 6.92 Å². The summed E-state index contributed by atoms with van der Waals surface area (Å²) >= 11 is 0. The molecule has 42 valence electrons. The molecule has 0 fully saturated rings. The summed E-state index contributed by atoms with van der Waals surface area (Å²) in [4.78, 5) is 0. The molecule has 0 unspecified atom stereocenters. The minimum absolute atomic E-state index is 0. The smallest absolute Gasteiger partial charge is 0.0483 e. The third-order valence-corrected chi connectivity index (χ3v) is 0. The van der Waals surface area contributed by atoms with Crippen molar-refractivity contribution in [2.45, 2.75) is 26.9 Å². The average Bonchev–Trinajstić information content (AvgIpc) is 1.41. The van der Waals surface area contributed by atoms with Gasteiger partial charge in [0.15, 0.2) is 0 Å². The Morgan fingerprint density at radius 1 is 1.29 bits per heavy atom. The standard InChI is InChI=1S/C3H8O.C2H5.Zn/c1-3(2)4;1-2;/h3-4H,1-2H3;1H2,2H3;/q;-1;. The van der Waals surface area contributed by atoms with Crippen molar-refractivity contribution in [3.8, 4) is 0 Å². The predicted octanol–water partition coefficient (Wildman–Crippen LogP) is 1.22. The van der Waals surface area contributed by atoms with Crippen molar-refractivity contribution in [1.82, 2.24) is 0 Å². The van der Waals surface area contributed by atoms with Gasteiger partial charge in [0, 0.05) is 25.6 Å².